The molecular formula is C28H34N4O4. The van der Waals surface area contributed by atoms with E-state index < -0.39 is 35.4 Å². The van der Waals surface area contributed by atoms with Gasteiger partial charge in [-0.3, -0.25) is 19.3 Å². The van der Waals surface area contributed by atoms with Crippen LogP contribution in [0, 0.1) is 5.41 Å². The van der Waals surface area contributed by atoms with Crippen molar-refractivity contribution < 1.29 is 19.2 Å². The molecule has 5 amide bonds. The quantitative estimate of drug-likeness (QED) is 0.604. The van der Waals surface area contributed by atoms with E-state index >= 15 is 0 Å². The number of urea groups is 1. The van der Waals surface area contributed by atoms with E-state index in [1.54, 1.807) is 0 Å². The van der Waals surface area contributed by atoms with Crippen molar-refractivity contribution in [1.82, 2.24) is 20.0 Å². The van der Waals surface area contributed by atoms with Crippen LogP contribution in [0.2, 0.25) is 0 Å². The first-order valence-electron chi connectivity index (χ1n) is 12.3. The SMILES string of the molecule is CC(C)NC(=O)[C@@H](N1C(=O)[C@@H]2[C@H](C1=O)N(Cc1ccccc1)C(=O)N2Cc1ccccc1)C(C)(C)C. The third-order valence-electron chi connectivity index (χ3n) is 6.59. The molecule has 2 aliphatic rings. The van der Waals surface area contributed by atoms with Crippen LogP contribution in [0.3, 0.4) is 0 Å². The summed E-state index contributed by atoms with van der Waals surface area (Å²) < 4.78 is 0. The Kier molecular flexibility index (Phi) is 6.89. The minimum atomic E-state index is -1.00. The number of fused-ring (bicyclic) bond motifs is 1. The van der Waals surface area contributed by atoms with E-state index in [9.17, 15) is 19.2 Å². The Morgan fingerprint density at radius 2 is 1.22 bits per heavy atom. The van der Waals surface area contributed by atoms with Crippen LogP contribution in [-0.4, -0.2) is 62.6 Å². The predicted octanol–water partition coefficient (Wildman–Crippen LogP) is 3.17. The fourth-order valence-corrected chi connectivity index (χ4v) is 5.08. The lowest BCUT2D eigenvalue weighted by Crippen LogP contribution is -2.58. The van der Waals surface area contributed by atoms with Gasteiger partial charge >= 0.3 is 6.03 Å². The van der Waals surface area contributed by atoms with E-state index in [0.29, 0.717) is 0 Å². The molecule has 36 heavy (non-hydrogen) atoms. The van der Waals surface area contributed by atoms with Gasteiger partial charge in [-0.2, -0.15) is 0 Å². The van der Waals surface area contributed by atoms with Gasteiger partial charge in [-0.1, -0.05) is 81.4 Å². The van der Waals surface area contributed by atoms with E-state index in [1.807, 2.05) is 95.3 Å². The Morgan fingerprint density at radius 3 is 1.58 bits per heavy atom. The number of amides is 5. The van der Waals surface area contributed by atoms with Gasteiger partial charge in [0.05, 0.1) is 0 Å². The van der Waals surface area contributed by atoms with Crippen molar-refractivity contribution in [2.75, 3.05) is 0 Å². The van der Waals surface area contributed by atoms with Crippen molar-refractivity contribution in [1.29, 1.82) is 0 Å². The molecule has 190 valence electrons. The molecule has 0 aliphatic carbocycles. The molecule has 8 nitrogen and oxygen atoms in total. The van der Waals surface area contributed by atoms with E-state index in [-0.39, 0.29) is 31.1 Å². The fourth-order valence-electron chi connectivity index (χ4n) is 5.08. The number of nitrogens with one attached hydrogen (secondary N) is 1. The highest BCUT2D eigenvalue weighted by molar-refractivity contribution is 6.15. The van der Waals surface area contributed by atoms with Gasteiger partial charge in [0.1, 0.15) is 18.1 Å². The summed E-state index contributed by atoms with van der Waals surface area (Å²) in [6.07, 6.45) is 0. The van der Waals surface area contributed by atoms with Gasteiger partial charge in [-0.15, -0.1) is 0 Å². The highest BCUT2D eigenvalue weighted by Gasteiger charge is 2.63. The molecule has 2 saturated heterocycles. The van der Waals surface area contributed by atoms with Crippen LogP contribution in [-0.2, 0) is 27.5 Å². The molecule has 2 aliphatic heterocycles. The Labute approximate surface area is 212 Å². The first-order chi connectivity index (χ1) is 17.0. The number of likely N-dealkylation sites (tertiary alicyclic amines) is 1. The van der Waals surface area contributed by atoms with E-state index in [4.69, 9.17) is 0 Å². The Bertz CT molecular complexity index is 1070. The molecule has 0 spiro atoms. The van der Waals surface area contributed by atoms with Crippen molar-refractivity contribution in [2.45, 2.75) is 71.9 Å². The summed E-state index contributed by atoms with van der Waals surface area (Å²) in [5, 5.41) is 2.86. The van der Waals surface area contributed by atoms with Crippen molar-refractivity contribution in [3.8, 4) is 0 Å². The average molecular weight is 491 g/mol. The molecule has 1 N–H and O–H groups in total. The Balaban J connectivity index is 1.75. The summed E-state index contributed by atoms with van der Waals surface area (Å²) in [6, 6.07) is 15.3. The maximum Gasteiger partial charge on any atom is 0.322 e. The molecule has 0 aromatic heterocycles. The topological polar surface area (TPSA) is 90.0 Å². The first kappa shape index (κ1) is 25.4. The number of nitrogens with zero attached hydrogens (tertiary/aromatic N) is 3. The van der Waals surface area contributed by atoms with Crippen molar-refractivity contribution >= 4 is 23.8 Å². The zero-order valence-corrected chi connectivity index (χ0v) is 21.5. The Hall–Kier alpha value is -3.68. The molecule has 2 aromatic carbocycles. The minimum Gasteiger partial charge on any atom is -0.352 e. The molecule has 2 heterocycles. The second-order valence-corrected chi connectivity index (χ2v) is 10.9. The predicted molar refractivity (Wildman–Crippen MR) is 135 cm³/mol. The summed E-state index contributed by atoms with van der Waals surface area (Å²) in [4.78, 5) is 58.8. The van der Waals surface area contributed by atoms with Crippen LogP contribution in [0.5, 0.6) is 0 Å². The van der Waals surface area contributed by atoms with Crippen molar-refractivity contribution in [3.63, 3.8) is 0 Å². The number of carbonyl (C=O) groups excluding carboxylic acids is 4. The summed E-state index contributed by atoms with van der Waals surface area (Å²) in [5.74, 6) is -1.40. The normalized spacial score (nSPS) is 20.8. The van der Waals surface area contributed by atoms with Crippen LogP contribution in [0.4, 0.5) is 4.79 Å². The van der Waals surface area contributed by atoms with E-state index in [0.717, 1.165) is 16.0 Å². The number of hydrogen-bond acceptors (Lipinski definition) is 4. The van der Waals surface area contributed by atoms with Crippen LogP contribution in [0.1, 0.15) is 45.7 Å². The van der Waals surface area contributed by atoms with Crippen LogP contribution >= 0.6 is 0 Å². The molecule has 3 atom stereocenters. The van der Waals surface area contributed by atoms with E-state index in [1.165, 1.54) is 9.80 Å². The van der Waals surface area contributed by atoms with Gasteiger partial charge in [-0.25, -0.2) is 4.79 Å². The van der Waals surface area contributed by atoms with Gasteiger partial charge in [0, 0.05) is 19.1 Å². The molecule has 0 bridgehead atoms. The first-order valence-corrected chi connectivity index (χ1v) is 12.3. The number of carbonyl (C=O) groups is 4. The number of rotatable bonds is 7. The van der Waals surface area contributed by atoms with E-state index in [2.05, 4.69) is 5.32 Å². The maximum atomic E-state index is 13.9. The summed E-state index contributed by atoms with van der Waals surface area (Å²) in [7, 11) is 0. The molecule has 0 unspecified atom stereocenters. The van der Waals surface area contributed by atoms with Crippen LogP contribution < -0.4 is 5.32 Å². The summed E-state index contributed by atoms with van der Waals surface area (Å²) in [6.45, 7) is 9.56. The molecule has 2 fully saturated rings. The molecule has 0 radical (unpaired) electrons. The standard InChI is InChI=1S/C28H34N4O4/c1-18(2)29-24(33)23(28(3,4)5)32-25(34)21-22(26(32)35)31(17-20-14-10-7-11-15-20)27(36)30(21)16-19-12-8-6-9-13-19/h6-15,18,21-23H,16-17H2,1-5H3,(H,29,33)/t21-,22+,23-/m1/s1. The zero-order valence-electron chi connectivity index (χ0n) is 21.5. The minimum absolute atomic E-state index is 0.152. The lowest BCUT2D eigenvalue weighted by Gasteiger charge is -2.37. The second-order valence-electron chi connectivity index (χ2n) is 10.9. The molecular weight excluding hydrogens is 456 g/mol. The highest BCUT2D eigenvalue weighted by Crippen LogP contribution is 2.38. The lowest BCUT2D eigenvalue weighted by atomic mass is 9.84. The van der Waals surface area contributed by atoms with Gasteiger partial charge in [0.25, 0.3) is 11.8 Å². The zero-order chi connectivity index (χ0) is 26.2. The second kappa shape index (κ2) is 9.76. The van der Waals surface area contributed by atoms with Gasteiger partial charge in [0.2, 0.25) is 5.91 Å². The van der Waals surface area contributed by atoms with Gasteiger partial charge < -0.3 is 15.1 Å². The Morgan fingerprint density at radius 1 is 0.806 bits per heavy atom. The monoisotopic (exact) mass is 490 g/mol. The van der Waals surface area contributed by atoms with Gasteiger partial charge in [-0.05, 0) is 30.4 Å². The molecule has 0 saturated carbocycles. The fraction of sp³-hybridized carbons (Fsp3) is 0.429. The maximum absolute atomic E-state index is 13.9. The largest absolute Gasteiger partial charge is 0.352 e. The van der Waals surface area contributed by atoms with Crippen LogP contribution in [0.25, 0.3) is 0 Å². The number of hydrogen-bond donors (Lipinski definition) is 1. The highest BCUT2D eigenvalue weighted by atomic mass is 16.2. The smallest absolute Gasteiger partial charge is 0.322 e. The summed E-state index contributed by atoms with van der Waals surface area (Å²) >= 11 is 0. The van der Waals surface area contributed by atoms with Crippen molar-refractivity contribution in [3.05, 3.63) is 71.8 Å². The molecule has 2 aromatic rings. The third-order valence-corrected chi connectivity index (χ3v) is 6.59. The molecule has 8 heteroatoms. The molecule has 4 rings (SSSR count). The number of benzene rings is 2. The third kappa shape index (κ3) is 4.72. The van der Waals surface area contributed by atoms with Gasteiger partial charge in [0.15, 0.2) is 0 Å². The number of imide groups is 1. The summed E-state index contributed by atoms with van der Waals surface area (Å²) in [5.41, 5.74) is 1.01. The van der Waals surface area contributed by atoms with Crippen molar-refractivity contribution in [2.24, 2.45) is 5.41 Å². The lowest BCUT2D eigenvalue weighted by molar-refractivity contribution is -0.152. The van der Waals surface area contributed by atoms with Crippen LogP contribution in [0.15, 0.2) is 60.7 Å². The average Bonchev–Trinajstić information content (AvgIpc) is 3.21.